The molecule has 222 valence electrons. The van der Waals surface area contributed by atoms with Crippen LogP contribution in [0, 0.1) is 0 Å². The predicted octanol–water partition coefficient (Wildman–Crippen LogP) is 7.80. The van der Waals surface area contributed by atoms with Crippen molar-refractivity contribution in [3.05, 3.63) is 147 Å². The van der Waals surface area contributed by atoms with E-state index in [1.807, 2.05) is 36.4 Å². The summed E-state index contributed by atoms with van der Waals surface area (Å²) in [5.74, 6) is -0.629. The first-order chi connectivity index (χ1) is 21.0. The van der Waals surface area contributed by atoms with Gasteiger partial charge in [-0.3, -0.25) is 14.8 Å². The molecule has 4 aromatic rings. The third-order valence-electron chi connectivity index (χ3n) is 7.89. The summed E-state index contributed by atoms with van der Waals surface area (Å²) in [6.45, 7) is 0. The lowest BCUT2D eigenvalue weighted by molar-refractivity contribution is -0.138. The zero-order valence-corrected chi connectivity index (χ0v) is 22.6. The molecule has 3 heterocycles. The first kappa shape index (κ1) is 27.9. The van der Waals surface area contributed by atoms with E-state index in [0.717, 1.165) is 41.0 Å². The van der Waals surface area contributed by atoms with Crippen LogP contribution in [0.4, 0.5) is 26.3 Å². The molecule has 2 N–H and O–H groups in total. The summed E-state index contributed by atoms with van der Waals surface area (Å²) in [6, 6.07) is 23.9. The Morgan fingerprint density at radius 2 is 1.16 bits per heavy atom. The van der Waals surface area contributed by atoms with Crippen molar-refractivity contribution < 1.29 is 31.1 Å². The zero-order valence-electron chi connectivity index (χ0n) is 22.6. The van der Waals surface area contributed by atoms with E-state index in [0.29, 0.717) is 16.8 Å². The third-order valence-corrected chi connectivity index (χ3v) is 7.89. The topological polar surface area (TPSA) is 47.6 Å². The number of rotatable bonds is 3. The van der Waals surface area contributed by atoms with Crippen LogP contribution in [0.1, 0.15) is 61.6 Å². The number of Topliss-reactive ketones (excluding diaryl/α,β-unsaturated/α-hetero) is 1. The summed E-state index contributed by atoms with van der Waals surface area (Å²) >= 11 is 0. The number of allylic oxidation sites excluding steroid dienone is 1. The van der Waals surface area contributed by atoms with Crippen LogP contribution in [-0.2, 0) is 12.4 Å². The molecule has 0 saturated carbocycles. The number of nitrogens with zero attached hydrogens (tertiary/aromatic N) is 2. The smallest absolute Gasteiger partial charge is 0.287 e. The van der Waals surface area contributed by atoms with Crippen molar-refractivity contribution in [2.45, 2.75) is 24.7 Å². The summed E-state index contributed by atoms with van der Waals surface area (Å²) < 4.78 is 81.5. The Balaban J connectivity index is 1.34. The van der Waals surface area contributed by atoms with Gasteiger partial charge in [-0.2, -0.15) is 26.3 Å². The molecule has 0 aliphatic carbocycles. The second-order valence-electron chi connectivity index (χ2n) is 10.6. The number of ketones is 1. The lowest BCUT2D eigenvalue weighted by atomic mass is 9.93. The van der Waals surface area contributed by atoms with E-state index >= 15 is 0 Å². The van der Waals surface area contributed by atoms with Gasteiger partial charge in [0.15, 0.2) is 0 Å². The first-order valence-corrected chi connectivity index (χ1v) is 13.6. The van der Waals surface area contributed by atoms with E-state index < -0.39 is 41.6 Å². The van der Waals surface area contributed by atoms with Crippen molar-refractivity contribution in [1.82, 2.24) is 20.9 Å². The Labute approximate surface area is 247 Å². The third kappa shape index (κ3) is 4.74. The number of benzene rings is 4. The van der Waals surface area contributed by atoms with Gasteiger partial charge in [0.05, 0.1) is 16.8 Å². The Bertz CT molecular complexity index is 1860. The second kappa shape index (κ2) is 10.1. The van der Waals surface area contributed by atoms with E-state index in [9.17, 15) is 31.1 Å². The highest BCUT2D eigenvalue weighted by Crippen LogP contribution is 2.44. The summed E-state index contributed by atoms with van der Waals surface area (Å²) in [5.41, 5.74) is 8.74. The molecule has 5 nitrogen and oxygen atoms in total. The molecular weight excluding hydrogens is 582 g/mol. The van der Waals surface area contributed by atoms with E-state index in [1.54, 1.807) is 40.4 Å². The predicted molar refractivity (Wildman–Crippen MR) is 151 cm³/mol. The van der Waals surface area contributed by atoms with Crippen LogP contribution in [0.2, 0.25) is 0 Å². The van der Waals surface area contributed by atoms with Crippen molar-refractivity contribution in [1.29, 1.82) is 0 Å². The van der Waals surface area contributed by atoms with Gasteiger partial charge in [-0.15, -0.1) is 0 Å². The number of carbonyl (C=O) groups is 1. The molecule has 7 rings (SSSR count). The van der Waals surface area contributed by atoms with Crippen LogP contribution in [-0.4, -0.2) is 15.8 Å². The Morgan fingerprint density at radius 3 is 1.82 bits per heavy atom. The number of hydrogen-bond donors (Lipinski definition) is 2. The second-order valence-corrected chi connectivity index (χ2v) is 10.6. The summed E-state index contributed by atoms with van der Waals surface area (Å²) in [6.07, 6.45) is -7.19. The van der Waals surface area contributed by atoms with Crippen molar-refractivity contribution >= 4 is 23.6 Å². The molecule has 0 aromatic heterocycles. The summed E-state index contributed by atoms with van der Waals surface area (Å²) in [5, 5.41) is 3.31. The summed E-state index contributed by atoms with van der Waals surface area (Å²) in [7, 11) is 0. The van der Waals surface area contributed by atoms with Crippen LogP contribution in [0.5, 0.6) is 0 Å². The van der Waals surface area contributed by atoms with Gasteiger partial charge in [-0.25, -0.2) is 10.9 Å². The molecule has 44 heavy (non-hydrogen) atoms. The number of fused-ring (bicyclic) bond motifs is 6. The molecule has 3 aliphatic rings. The van der Waals surface area contributed by atoms with E-state index in [-0.39, 0.29) is 11.3 Å². The number of hydrazine groups is 2. The van der Waals surface area contributed by atoms with Crippen molar-refractivity contribution in [2.24, 2.45) is 0 Å². The van der Waals surface area contributed by atoms with Crippen LogP contribution in [0.15, 0.2) is 103 Å². The van der Waals surface area contributed by atoms with Crippen molar-refractivity contribution in [3.8, 4) is 0 Å². The maximum Gasteiger partial charge on any atom is 0.416 e. The van der Waals surface area contributed by atoms with Gasteiger partial charge in [0.25, 0.3) is 0 Å². The number of carbonyl (C=O) groups excluding carboxylic acids is 1. The van der Waals surface area contributed by atoms with E-state index in [2.05, 4.69) is 10.9 Å². The monoisotopic (exact) mass is 604 g/mol. The molecule has 0 bridgehead atoms. The lowest BCUT2D eigenvalue weighted by Crippen LogP contribution is -2.64. The SMILES string of the molecule is O=C(C1=Cc2ccccc2[C@H]2NN3C(c4cccc(C(F)(F)F)c4)=Cc4ccccc4[C@H]3NN12)c1cccc(C(F)(F)F)c1. The fourth-order valence-electron chi connectivity index (χ4n) is 5.82. The van der Waals surface area contributed by atoms with Gasteiger partial charge >= 0.3 is 12.4 Å². The molecule has 11 heteroatoms. The van der Waals surface area contributed by atoms with Gasteiger partial charge in [0.2, 0.25) is 5.78 Å². The average molecular weight is 605 g/mol. The zero-order chi connectivity index (χ0) is 30.8. The molecule has 3 aliphatic heterocycles. The molecule has 0 unspecified atom stereocenters. The maximum atomic E-state index is 13.9. The van der Waals surface area contributed by atoms with Gasteiger partial charge in [0.1, 0.15) is 18.0 Å². The number of hydrogen-bond acceptors (Lipinski definition) is 5. The quantitative estimate of drug-likeness (QED) is 0.185. The van der Waals surface area contributed by atoms with E-state index in [1.165, 1.54) is 18.2 Å². The Kier molecular flexibility index (Phi) is 6.41. The van der Waals surface area contributed by atoms with Crippen LogP contribution in [0.3, 0.4) is 0 Å². The minimum Gasteiger partial charge on any atom is -0.287 e. The first-order valence-electron chi connectivity index (χ1n) is 13.6. The highest BCUT2D eigenvalue weighted by atomic mass is 19.4. The summed E-state index contributed by atoms with van der Waals surface area (Å²) in [4.78, 5) is 13.9. The van der Waals surface area contributed by atoms with Crippen LogP contribution in [0.25, 0.3) is 17.8 Å². The molecular formula is C33H22F6N4O. The minimum absolute atomic E-state index is 0.104. The standard InChI is InChI=1S/C33H22F6N4O/c34-32(35,36)23-11-5-9-21(15-23)27-17-19-7-1-3-13-25(19)30-41-43-28(29(44)22-10-6-12-24(16-22)33(37,38)39)18-20-8-2-4-14-26(20)31(43)40-42(27)30/h1-18,30-31,40-41H/t30-,31-/m0/s1. The van der Waals surface area contributed by atoms with Crippen LogP contribution >= 0.6 is 0 Å². The number of alkyl halides is 6. The Hall–Kier alpha value is -4.87. The molecule has 1 saturated heterocycles. The highest BCUT2D eigenvalue weighted by Gasteiger charge is 2.44. The van der Waals surface area contributed by atoms with Crippen LogP contribution < -0.4 is 10.9 Å². The van der Waals surface area contributed by atoms with Gasteiger partial charge in [0, 0.05) is 5.56 Å². The molecule has 2 atom stereocenters. The maximum absolute atomic E-state index is 13.9. The Morgan fingerprint density at radius 1 is 0.614 bits per heavy atom. The van der Waals surface area contributed by atoms with E-state index in [4.69, 9.17) is 0 Å². The largest absolute Gasteiger partial charge is 0.416 e. The fourth-order valence-corrected chi connectivity index (χ4v) is 5.82. The van der Waals surface area contributed by atoms with Crippen molar-refractivity contribution in [3.63, 3.8) is 0 Å². The average Bonchev–Trinajstić information content (AvgIpc) is 3.02. The highest BCUT2D eigenvalue weighted by molar-refractivity contribution is 6.11. The van der Waals surface area contributed by atoms with Gasteiger partial charge in [-0.1, -0.05) is 72.8 Å². The lowest BCUT2D eigenvalue weighted by Gasteiger charge is -2.53. The molecule has 4 aromatic carbocycles. The van der Waals surface area contributed by atoms with Crippen molar-refractivity contribution in [2.75, 3.05) is 0 Å². The normalized spacial score (nSPS) is 19.2. The van der Waals surface area contributed by atoms with Gasteiger partial charge in [-0.05, 0) is 64.2 Å². The van der Waals surface area contributed by atoms with Gasteiger partial charge < -0.3 is 0 Å². The number of halogens is 6. The fraction of sp³-hybridized carbons (Fsp3) is 0.121. The molecule has 1 fully saturated rings. The minimum atomic E-state index is -4.63. The molecule has 0 spiro atoms. The molecule has 0 amide bonds. The molecule has 0 radical (unpaired) electrons. The number of nitrogens with one attached hydrogen (secondary N) is 2.